The van der Waals surface area contributed by atoms with Gasteiger partial charge in [-0.3, -0.25) is 4.98 Å². The first-order valence-corrected chi connectivity index (χ1v) is 4.31. The van der Waals surface area contributed by atoms with Crippen molar-refractivity contribution in [2.45, 2.75) is 6.54 Å². The first-order chi connectivity index (χ1) is 6.92. The average Bonchev–Trinajstić information content (AvgIpc) is 2.30. The van der Waals surface area contributed by atoms with Crippen molar-refractivity contribution in [3.8, 4) is 11.3 Å². The second-order valence-electron chi connectivity index (χ2n) is 2.83. The molecule has 0 unspecified atom stereocenters. The maximum Gasteiger partial charge on any atom is 0.116 e. The second-order valence-corrected chi connectivity index (χ2v) is 2.83. The van der Waals surface area contributed by atoms with Crippen LogP contribution < -0.4 is 5.73 Å². The minimum atomic E-state index is 0.465. The molecule has 0 spiro atoms. The SMILES string of the molecule is NCc1cnccc1-c1ccncn1. The van der Waals surface area contributed by atoms with Gasteiger partial charge in [-0.2, -0.15) is 0 Å². The molecule has 0 saturated heterocycles. The lowest BCUT2D eigenvalue weighted by molar-refractivity contribution is 1.04. The first-order valence-electron chi connectivity index (χ1n) is 4.31. The van der Waals surface area contributed by atoms with Gasteiger partial charge in [0.25, 0.3) is 0 Å². The zero-order valence-electron chi connectivity index (χ0n) is 7.59. The summed E-state index contributed by atoms with van der Waals surface area (Å²) in [5.41, 5.74) is 8.49. The lowest BCUT2D eigenvalue weighted by Gasteiger charge is -2.04. The van der Waals surface area contributed by atoms with E-state index in [-0.39, 0.29) is 0 Å². The van der Waals surface area contributed by atoms with E-state index in [9.17, 15) is 0 Å². The van der Waals surface area contributed by atoms with Gasteiger partial charge in [-0.05, 0) is 17.7 Å². The Balaban J connectivity index is 2.51. The molecule has 0 aromatic carbocycles. The van der Waals surface area contributed by atoms with Crippen LogP contribution in [0.1, 0.15) is 5.56 Å². The van der Waals surface area contributed by atoms with Crippen LogP contribution in [0.5, 0.6) is 0 Å². The Morgan fingerprint density at radius 3 is 2.71 bits per heavy atom. The highest BCUT2D eigenvalue weighted by Gasteiger charge is 2.03. The van der Waals surface area contributed by atoms with Crippen LogP contribution in [0, 0.1) is 0 Å². The number of hydrogen-bond acceptors (Lipinski definition) is 4. The van der Waals surface area contributed by atoms with E-state index in [1.165, 1.54) is 6.33 Å². The molecule has 14 heavy (non-hydrogen) atoms. The van der Waals surface area contributed by atoms with Gasteiger partial charge in [0.1, 0.15) is 6.33 Å². The van der Waals surface area contributed by atoms with E-state index in [4.69, 9.17) is 5.73 Å². The molecule has 0 aliphatic heterocycles. The smallest absolute Gasteiger partial charge is 0.116 e. The molecular formula is C10H10N4. The van der Waals surface area contributed by atoms with Gasteiger partial charge in [0.2, 0.25) is 0 Å². The highest BCUT2D eigenvalue weighted by atomic mass is 14.8. The number of hydrogen-bond donors (Lipinski definition) is 1. The summed E-state index contributed by atoms with van der Waals surface area (Å²) in [6.07, 6.45) is 6.73. The molecule has 0 atom stereocenters. The molecule has 0 aliphatic carbocycles. The van der Waals surface area contributed by atoms with Crippen molar-refractivity contribution in [3.63, 3.8) is 0 Å². The maximum atomic E-state index is 5.60. The zero-order chi connectivity index (χ0) is 9.80. The third-order valence-electron chi connectivity index (χ3n) is 1.98. The Morgan fingerprint density at radius 2 is 2.00 bits per heavy atom. The van der Waals surface area contributed by atoms with Gasteiger partial charge in [0.05, 0.1) is 5.69 Å². The van der Waals surface area contributed by atoms with Crippen molar-refractivity contribution in [2.75, 3.05) is 0 Å². The molecule has 2 aromatic rings. The Kier molecular flexibility index (Phi) is 2.46. The quantitative estimate of drug-likeness (QED) is 0.759. The predicted octanol–water partition coefficient (Wildman–Crippen LogP) is 0.997. The largest absolute Gasteiger partial charge is 0.326 e. The lowest BCUT2D eigenvalue weighted by Crippen LogP contribution is -2.00. The molecule has 0 radical (unpaired) electrons. The minimum absolute atomic E-state index is 0.465. The Bertz CT molecular complexity index is 413. The number of nitrogens with two attached hydrogens (primary N) is 1. The van der Waals surface area contributed by atoms with Crippen LogP contribution in [0.2, 0.25) is 0 Å². The molecular weight excluding hydrogens is 176 g/mol. The Morgan fingerprint density at radius 1 is 1.14 bits per heavy atom. The van der Waals surface area contributed by atoms with Crippen LogP contribution in [0.3, 0.4) is 0 Å². The first kappa shape index (κ1) is 8.77. The molecule has 0 amide bonds. The summed E-state index contributed by atoms with van der Waals surface area (Å²) in [6.45, 7) is 0.465. The maximum absolute atomic E-state index is 5.60. The van der Waals surface area contributed by atoms with Crippen molar-refractivity contribution < 1.29 is 0 Å². The summed E-state index contributed by atoms with van der Waals surface area (Å²) in [7, 11) is 0. The molecule has 2 heterocycles. The van der Waals surface area contributed by atoms with Crippen molar-refractivity contribution in [3.05, 3.63) is 42.6 Å². The molecule has 0 aliphatic rings. The molecule has 70 valence electrons. The van der Waals surface area contributed by atoms with Gasteiger partial charge in [-0.25, -0.2) is 9.97 Å². The van der Waals surface area contributed by atoms with Crippen LogP contribution in [0.25, 0.3) is 11.3 Å². The van der Waals surface area contributed by atoms with Crippen LogP contribution in [-0.2, 0) is 6.54 Å². The van der Waals surface area contributed by atoms with Crippen LogP contribution in [0.4, 0.5) is 0 Å². The van der Waals surface area contributed by atoms with Crippen LogP contribution in [-0.4, -0.2) is 15.0 Å². The number of aromatic nitrogens is 3. The minimum Gasteiger partial charge on any atom is -0.326 e. The van der Waals surface area contributed by atoms with Crippen molar-refractivity contribution in [2.24, 2.45) is 5.73 Å². The van der Waals surface area contributed by atoms with E-state index < -0.39 is 0 Å². The van der Waals surface area contributed by atoms with E-state index >= 15 is 0 Å². The highest BCUT2D eigenvalue weighted by Crippen LogP contribution is 2.18. The standard InChI is InChI=1S/C10H10N4/c11-5-8-6-12-3-1-9(8)10-2-4-13-7-14-10/h1-4,6-7H,5,11H2. The molecule has 2 aromatic heterocycles. The third kappa shape index (κ3) is 1.60. The topological polar surface area (TPSA) is 64.7 Å². The van der Waals surface area contributed by atoms with Gasteiger partial charge in [0.15, 0.2) is 0 Å². The van der Waals surface area contributed by atoms with Gasteiger partial charge >= 0.3 is 0 Å². The summed E-state index contributed by atoms with van der Waals surface area (Å²) < 4.78 is 0. The van der Waals surface area contributed by atoms with E-state index in [0.29, 0.717) is 6.54 Å². The fourth-order valence-electron chi connectivity index (χ4n) is 1.29. The summed E-state index contributed by atoms with van der Waals surface area (Å²) in [5.74, 6) is 0. The normalized spacial score (nSPS) is 10.1. The summed E-state index contributed by atoms with van der Waals surface area (Å²) in [5, 5.41) is 0. The molecule has 0 fully saturated rings. The Labute approximate surface area is 81.9 Å². The van der Waals surface area contributed by atoms with Crippen LogP contribution >= 0.6 is 0 Å². The molecule has 4 nitrogen and oxygen atoms in total. The Hall–Kier alpha value is -1.81. The monoisotopic (exact) mass is 186 g/mol. The molecule has 2 N–H and O–H groups in total. The summed E-state index contributed by atoms with van der Waals surface area (Å²) in [4.78, 5) is 12.0. The molecule has 0 saturated carbocycles. The average molecular weight is 186 g/mol. The fraction of sp³-hybridized carbons (Fsp3) is 0.100. The second kappa shape index (κ2) is 3.93. The third-order valence-corrected chi connectivity index (χ3v) is 1.98. The van der Waals surface area contributed by atoms with Gasteiger partial charge in [-0.1, -0.05) is 0 Å². The van der Waals surface area contributed by atoms with E-state index in [0.717, 1.165) is 16.8 Å². The summed E-state index contributed by atoms with van der Waals surface area (Å²) >= 11 is 0. The molecule has 4 heteroatoms. The number of rotatable bonds is 2. The van der Waals surface area contributed by atoms with Gasteiger partial charge in [-0.15, -0.1) is 0 Å². The van der Waals surface area contributed by atoms with Gasteiger partial charge in [0, 0.05) is 30.7 Å². The lowest BCUT2D eigenvalue weighted by atomic mass is 10.1. The number of nitrogens with zero attached hydrogens (tertiary/aromatic N) is 3. The molecule has 2 rings (SSSR count). The predicted molar refractivity (Wildman–Crippen MR) is 53.2 cm³/mol. The van der Waals surface area contributed by atoms with E-state index in [1.54, 1.807) is 18.6 Å². The van der Waals surface area contributed by atoms with Crippen LogP contribution in [0.15, 0.2) is 37.1 Å². The number of pyridine rings is 1. The van der Waals surface area contributed by atoms with Crippen molar-refractivity contribution in [1.82, 2.24) is 15.0 Å². The molecule has 0 bridgehead atoms. The van der Waals surface area contributed by atoms with Crippen molar-refractivity contribution >= 4 is 0 Å². The van der Waals surface area contributed by atoms with E-state index in [2.05, 4.69) is 15.0 Å². The van der Waals surface area contributed by atoms with E-state index in [1.807, 2.05) is 12.1 Å². The van der Waals surface area contributed by atoms with Gasteiger partial charge < -0.3 is 5.73 Å². The van der Waals surface area contributed by atoms with Crippen molar-refractivity contribution in [1.29, 1.82) is 0 Å². The highest BCUT2D eigenvalue weighted by molar-refractivity contribution is 5.62. The summed E-state index contributed by atoms with van der Waals surface area (Å²) in [6, 6.07) is 3.76. The zero-order valence-corrected chi connectivity index (χ0v) is 7.59. The fourth-order valence-corrected chi connectivity index (χ4v) is 1.29.